The molecule has 7 aromatic heterocycles. The van der Waals surface area contributed by atoms with Gasteiger partial charge in [-0.2, -0.15) is 0 Å². The van der Waals surface area contributed by atoms with E-state index in [9.17, 15) is 0 Å². The molecule has 0 unspecified atom stereocenters. The lowest BCUT2D eigenvalue weighted by molar-refractivity contribution is 1.08. The third-order valence-electron chi connectivity index (χ3n) is 12.7. The van der Waals surface area contributed by atoms with Crippen LogP contribution in [0.2, 0.25) is 0 Å². The van der Waals surface area contributed by atoms with Crippen molar-refractivity contribution in [1.29, 1.82) is 0 Å². The van der Waals surface area contributed by atoms with Crippen molar-refractivity contribution in [2.24, 2.45) is 0 Å². The third-order valence-corrected chi connectivity index (χ3v) is 12.7. The molecule has 0 saturated heterocycles. The number of fused-ring (bicyclic) bond motifs is 8. The smallest absolute Gasteiger partial charge is 0.137 e. The van der Waals surface area contributed by atoms with Gasteiger partial charge in [0.05, 0.1) is 39.5 Å². The molecule has 0 N–H and O–H groups in total. The number of hydrogen-bond donors (Lipinski definition) is 0. The Bertz CT molecular complexity index is 3970. The lowest BCUT2D eigenvalue weighted by Gasteiger charge is -2.13. The molecule has 0 aliphatic heterocycles. The van der Waals surface area contributed by atoms with Crippen molar-refractivity contribution in [2.45, 2.75) is 0 Å². The fourth-order valence-corrected chi connectivity index (χ4v) is 9.59. The molecule has 7 heterocycles. The normalized spacial score (nSPS) is 11.7. The SMILES string of the molecule is c1ccc2c(-c3ccc(-c4ccc5c(c4)c4cc(-c6ccc(-c7nccc8ccccc78)cn6)c6ccccc6c4n5-c4ccc(-c5nccc6ccccc56)cn4)nc3)nccc2c1. The summed E-state index contributed by atoms with van der Waals surface area (Å²) < 4.78 is 2.30. The van der Waals surface area contributed by atoms with Crippen LogP contribution >= 0.6 is 0 Å². The van der Waals surface area contributed by atoms with Crippen molar-refractivity contribution < 1.29 is 0 Å². The molecule has 0 bridgehead atoms. The summed E-state index contributed by atoms with van der Waals surface area (Å²) in [5.74, 6) is 0.815. The van der Waals surface area contributed by atoms with Gasteiger partial charge < -0.3 is 0 Å². The van der Waals surface area contributed by atoms with Gasteiger partial charge in [0.15, 0.2) is 0 Å². The van der Waals surface area contributed by atoms with Gasteiger partial charge in [0, 0.05) is 97.3 Å². The number of rotatable bonds is 6. The van der Waals surface area contributed by atoms with Crippen LogP contribution in [0.1, 0.15) is 0 Å². The second-order valence-corrected chi connectivity index (χ2v) is 16.3. The van der Waals surface area contributed by atoms with Crippen molar-refractivity contribution in [3.05, 3.63) is 213 Å². The van der Waals surface area contributed by atoms with Crippen LogP contribution < -0.4 is 0 Å². The van der Waals surface area contributed by atoms with E-state index in [0.29, 0.717) is 0 Å². The van der Waals surface area contributed by atoms with E-state index in [0.717, 1.165) is 127 Å². The molecule has 302 valence electrons. The lowest BCUT2D eigenvalue weighted by atomic mass is 9.96. The maximum absolute atomic E-state index is 5.18. The summed E-state index contributed by atoms with van der Waals surface area (Å²) in [6.07, 6.45) is 11.4. The molecule has 7 nitrogen and oxygen atoms in total. The van der Waals surface area contributed by atoms with Gasteiger partial charge >= 0.3 is 0 Å². The highest BCUT2D eigenvalue weighted by Gasteiger charge is 2.21. The summed E-state index contributed by atoms with van der Waals surface area (Å²) in [5.41, 5.74) is 11.6. The molecule has 65 heavy (non-hydrogen) atoms. The summed E-state index contributed by atoms with van der Waals surface area (Å²) >= 11 is 0. The van der Waals surface area contributed by atoms with E-state index in [4.69, 9.17) is 29.9 Å². The first kappa shape index (κ1) is 36.7. The maximum Gasteiger partial charge on any atom is 0.137 e. The molecule has 0 spiro atoms. The largest absolute Gasteiger partial charge is 0.293 e. The molecule has 0 radical (unpaired) electrons. The second-order valence-electron chi connectivity index (χ2n) is 16.3. The molecule has 0 aliphatic rings. The van der Waals surface area contributed by atoms with Crippen LogP contribution in [0.25, 0.3) is 127 Å². The van der Waals surface area contributed by atoms with Gasteiger partial charge in [-0.3, -0.25) is 29.5 Å². The molecule has 6 aromatic carbocycles. The Balaban J connectivity index is 0.991. The summed E-state index contributed by atoms with van der Waals surface area (Å²) in [7, 11) is 0. The van der Waals surface area contributed by atoms with Crippen LogP contribution in [0.15, 0.2) is 213 Å². The molecular formula is C58H35N7. The first-order chi connectivity index (χ1) is 32.2. The minimum absolute atomic E-state index is 0.815. The highest BCUT2D eigenvalue weighted by Crippen LogP contribution is 2.42. The van der Waals surface area contributed by atoms with Crippen LogP contribution in [0, 0.1) is 0 Å². The van der Waals surface area contributed by atoms with E-state index < -0.39 is 0 Å². The Morgan fingerprint density at radius 1 is 0.308 bits per heavy atom. The summed E-state index contributed by atoms with van der Waals surface area (Å²) in [6, 6.07) is 61.4. The molecule has 13 aromatic rings. The average molecular weight is 830 g/mol. The van der Waals surface area contributed by atoms with Crippen molar-refractivity contribution >= 4 is 64.9 Å². The zero-order valence-electron chi connectivity index (χ0n) is 34.8. The van der Waals surface area contributed by atoms with E-state index in [-0.39, 0.29) is 0 Å². The van der Waals surface area contributed by atoms with E-state index in [1.54, 1.807) is 0 Å². The third kappa shape index (κ3) is 6.05. The van der Waals surface area contributed by atoms with Gasteiger partial charge in [0.1, 0.15) is 5.82 Å². The predicted octanol–water partition coefficient (Wildman–Crippen LogP) is 14.1. The molecule has 13 rings (SSSR count). The second kappa shape index (κ2) is 14.9. The first-order valence-electron chi connectivity index (χ1n) is 21.7. The molecule has 0 aliphatic carbocycles. The number of hydrogen-bond acceptors (Lipinski definition) is 6. The number of aromatic nitrogens is 7. The van der Waals surface area contributed by atoms with Crippen molar-refractivity contribution in [3.63, 3.8) is 0 Å². The fourth-order valence-electron chi connectivity index (χ4n) is 9.59. The maximum atomic E-state index is 5.18. The molecule has 0 saturated carbocycles. The molecule has 0 atom stereocenters. The average Bonchev–Trinajstić information content (AvgIpc) is 3.72. The van der Waals surface area contributed by atoms with Gasteiger partial charge in [-0.05, 0) is 94.3 Å². The Hall–Kier alpha value is -8.94. The Morgan fingerprint density at radius 2 is 0.785 bits per heavy atom. The van der Waals surface area contributed by atoms with Gasteiger partial charge in [-0.1, -0.05) is 103 Å². The zero-order chi connectivity index (χ0) is 42.8. The van der Waals surface area contributed by atoms with Gasteiger partial charge in [-0.15, -0.1) is 0 Å². The van der Waals surface area contributed by atoms with Crippen LogP contribution in [0.5, 0.6) is 0 Å². The molecule has 7 heteroatoms. The quantitative estimate of drug-likeness (QED) is 0.166. The van der Waals surface area contributed by atoms with Gasteiger partial charge in [0.25, 0.3) is 0 Å². The van der Waals surface area contributed by atoms with E-state index in [2.05, 4.69) is 162 Å². The first-order valence-corrected chi connectivity index (χ1v) is 21.7. The van der Waals surface area contributed by atoms with Crippen LogP contribution in [-0.4, -0.2) is 34.5 Å². The standard InChI is InChI=1S/C58H35N7/c1-4-12-43-36(9-1)25-28-59-55(43)40-17-21-51(62-33-40)39-19-23-53-49(31-39)50-32-48(52-22-18-41(34-63-52)56-44-13-5-2-10-37(44)26-29-60-56)46-15-7-8-16-47(46)58(50)65(53)54-24-20-42(35-64-54)57-45-14-6-3-11-38(45)27-30-61-57/h1-35H. The number of benzene rings is 6. The van der Waals surface area contributed by atoms with E-state index in [1.165, 1.54) is 0 Å². The van der Waals surface area contributed by atoms with E-state index >= 15 is 0 Å². The van der Waals surface area contributed by atoms with E-state index in [1.807, 2.05) is 55.4 Å². The lowest BCUT2D eigenvalue weighted by Crippen LogP contribution is -1.99. The van der Waals surface area contributed by atoms with Crippen molar-refractivity contribution in [2.75, 3.05) is 0 Å². The van der Waals surface area contributed by atoms with Crippen molar-refractivity contribution in [1.82, 2.24) is 34.5 Å². The summed E-state index contributed by atoms with van der Waals surface area (Å²) in [5, 5.41) is 11.1. The van der Waals surface area contributed by atoms with Gasteiger partial charge in [-0.25, -0.2) is 4.98 Å². The Kier molecular flexibility index (Phi) is 8.39. The van der Waals surface area contributed by atoms with Crippen LogP contribution in [-0.2, 0) is 0 Å². The minimum atomic E-state index is 0.815. The highest BCUT2D eigenvalue weighted by atomic mass is 15.1. The highest BCUT2D eigenvalue weighted by molar-refractivity contribution is 6.22. The zero-order valence-corrected chi connectivity index (χ0v) is 34.8. The summed E-state index contributed by atoms with van der Waals surface area (Å²) in [6.45, 7) is 0. The van der Waals surface area contributed by atoms with Crippen LogP contribution in [0.3, 0.4) is 0 Å². The number of pyridine rings is 6. The Labute approximate surface area is 373 Å². The topological polar surface area (TPSA) is 82.3 Å². The molecule has 0 fully saturated rings. The molecular weight excluding hydrogens is 795 g/mol. The minimum Gasteiger partial charge on any atom is -0.293 e. The number of nitrogens with zero attached hydrogens (tertiary/aromatic N) is 7. The molecule has 0 amide bonds. The summed E-state index contributed by atoms with van der Waals surface area (Å²) in [4.78, 5) is 29.7. The monoisotopic (exact) mass is 829 g/mol. The predicted molar refractivity (Wildman–Crippen MR) is 265 cm³/mol. The van der Waals surface area contributed by atoms with Crippen LogP contribution in [0.4, 0.5) is 0 Å². The van der Waals surface area contributed by atoms with Crippen molar-refractivity contribution in [3.8, 4) is 62.1 Å². The van der Waals surface area contributed by atoms with Gasteiger partial charge in [0.2, 0.25) is 0 Å². The fraction of sp³-hybridized carbons (Fsp3) is 0. The Morgan fingerprint density at radius 3 is 1.31 bits per heavy atom.